The molecule has 0 atom stereocenters. The molecule has 2 rings (SSSR count). The Morgan fingerprint density at radius 2 is 2.29 bits per heavy atom. The summed E-state index contributed by atoms with van der Waals surface area (Å²) in [6.07, 6.45) is 3.62. The lowest BCUT2D eigenvalue weighted by molar-refractivity contribution is 1.09. The van der Waals surface area contributed by atoms with E-state index >= 15 is 0 Å². The Labute approximate surface area is 86.8 Å². The second-order valence-electron chi connectivity index (χ2n) is 2.97. The van der Waals surface area contributed by atoms with E-state index in [1.807, 2.05) is 30.6 Å². The summed E-state index contributed by atoms with van der Waals surface area (Å²) in [6, 6.07) is 3.98. The van der Waals surface area contributed by atoms with Crippen LogP contribution >= 0.6 is 11.3 Å². The number of hydrogen-bond donors (Lipinski definition) is 1. The largest absolute Gasteiger partial charge is 0.378 e. The van der Waals surface area contributed by atoms with E-state index in [1.54, 1.807) is 17.5 Å². The molecule has 0 spiro atoms. The minimum absolute atomic E-state index is 0.779. The number of hydrogen-bond acceptors (Lipinski definition) is 4. The molecular weight excluding hydrogens is 194 g/mol. The zero-order valence-electron chi connectivity index (χ0n) is 7.90. The van der Waals surface area contributed by atoms with E-state index < -0.39 is 0 Å². The third-order valence-corrected chi connectivity index (χ3v) is 2.60. The average Bonchev–Trinajstić information content (AvgIpc) is 2.67. The molecule has 0 aliphatic rings. The molecule has 0 fully saturated rings. The van der Waals surface area contributed by atoms with E-state index in [9.17, 15) is 0 Å². The van der Waals surface area contributed by atoms with Crippen LogP contribution in [0.5, 0.6) is 0 Å². The lowest BCUT2D eigenvalue weighted by Crippen LogP contribution is -1.99. The van der Waals surface area contributed by atoms with Gasteiger partial charge in [0, 0.05) is 29.2 Å². The van der Waals surface area contributed by atoms with Crippen LogP contribution in [0.2, 0.25) is 0 Å². The molecule has 2 aromatic rings. The van der Waals surface area contributed by atoms with E-state index in [0.29, 0.717) is 0 Å². The van der Waals surface area contributed by atoms with Crippen LogP contribution in [0.3, 0.4) is 0 Å². The topological polar surface area (TPSA) is 37.8 Å². The summed E-state index contributed by atoms with van der Waals surface area (Å²) < 4.78 is 0. The van der Waals surface area contributed by atoms with Crippen molar-refractivity contribution in [2.24, 2.45) is 0 Å². The summed E-state index contributed by atoms with van der Waals surface area (Å²) >= 11 is 1.66. The molecule has 14 heavy (non-hydrogen) atoms. The first-order valence-electron chi connectivity index (χ1n) is 4.39. The van der Waals surface area contributed by atoms with Crippen molar-refractivity contribution in [1.82, 2.24) is 9.97 Å². The van der Waals surface area contributed by atoms with Gasteiger partial charge in [-0.25, -0.2) is 4.98 Å². The predicted molar refractivity (Wildman–Crippen MR) is 58.4 cm³/mol. The summed E-state index contributed by atoms with van der Waals surface area (Å²) in [4.78, 5) is 8.33. The van der Waals surface area contributed by atoms with Gasteiger partial charge in [0.05, 0.1) is 6.54 Å². The zero-order chi connectivity index (χ0) is 9.80. The lowest BCUT2D eigenvalue weighted by atomic mass is 10.3. The average molecular weight is 205 g/mol. The van der Waals surface area contributed by atoms with Crippen LogP contribution in [0.25, 0.3) is 0 Å². The van der Waals surface area contributed by atoms with Gasteiger partial charge in [-0.1, -0.05) is 0 Å². The van der Waals surface area contributed by atoms with Gasteiger partial charge in [0.25, 0.3) is 0 Å². The standard InChI is InChI=1S/C10H11N3S/c1-8-6-9(2-3-11-8)13-7-10-12-4-5-14-10/h2-6H,7H2,1H3,(H,11,13). The van der Waals surface area contributed by atoms with Gasteiger partial charge in [-0.3, -0.25) is 4.98 Å². The van der Waals surface area contributed by atoms with E-state index in [1.165, 1.54) is 0 Å². The molecule has 0 bridgehead atoms. The smallest absolute Gasteiger partial charge is 0.112 e. The molecule has 0 amide bonds. The van der Waals surface area contributed by atoms with Crippen LogP contribution in [0.4, 0.5) is 5.69 Å². The van der Waals surface area contributed by atoms with Crippen molar-refractivity contribution in [3.63, 3.8) is 0 Å². The van der Waals surface area contributed by atoms with Crippen molar-refractivity contribution in [3.8, 4) is 0 Å². The Morgan fingerprint density at radius 1 is 1.36 bits per heavy atom. The van der Waals surface area contributed by atoms with Crippen molar-refractivity contribution in [2.75, 3.05) is 5.32 Å². The monoisotopic (exact) mass is 205 g/mol. The van der Waals surface area contributed by atoms with Gasteiger partial charge in [0.2, 0.25) is 0 Å². The Bertz CT molecular complexity index is 398. The Kier molecular flexibility index (Phi) is 2.74. The summed E-state index contributed by atoms with van der Waals surface area (Å²) in [5.74, 6) is 0. The maximum absolute atomic E-state index is 4.19. The van der Waals surface area contributed by atoms with Crippen LogP contribution < -0.4 is 5.32 Å². The molecule has 0 aliphatic carbocycles. The molecule has 72 valence electrons. The number of thiazole rings is 1. The maximum Gasteiger partial charge on any atom is 0.112 e. The zero-order valence-corrected chi connectivity index (χ0v) is 8.71. The van der Waals surface area contributed by atoms with Gasteiger partial charge in [0.15, 0.2) is 0 Å². The maximum atomic E-state index is 4.19. The first-order chi connectivity index (χ1) is 6.84. The fraction of sp³-hybridized carbons (Fsp3) is 0.200. The number of rotatable bonds is 3. The highest BCUT2D eigenvalue weighted by Crippen LogP contribution is 2.10. The van der Waals surface area contributed by atoms with Gasteiger partial charge in [-0.2, -0.15) is 0 Å². The highest BCUT2D eigenvalue weighted by atomic mass is 32.1. The highest BCUT2D eigenvalue weighted by molar-refractivity contribution is 7.09. The Hall–Kier alpha value is -1.42. The van der Waals surface area contributed by atoms with Gasteiger partial charge >= 0.3 is 0 Å². The van der Waals surface area contributed by atoms with Crippen LogP contribution in [0.15, 0.2) is 29.9 Å². The van der Waals surface area contributed by atoms with E-state index in [4.69, 9.17) is 0 Å². The van der Waals surface area contributed by atoms with Crippen molar-refractivity contribution in [3.05, 3.63) is 40.6 Å². The second-order valence-corrected chi connectivity index (χ2v) is 3.94. The minimum atomic E-state index is 0.779. The van der Waals surface area contributed by atoms with Crippen LogP contribution in [-0.2, 0) is 6.54 Å². The molecule has 0 saturated carbocycles. The van der Waals surface area contributed by atoms with E-state index in [0.717, 1.165) is 22.9 Å². The number of aryl methyl sites for hydroxylation is 1. The fourth-order valence-corrected chi connectivity index (χ4v) is 1.73. The van der Waals surface area contributed by atoms with Gasteiger partial charge in [0.1, 0.15) is 5.01 Å². The number of aromatic nitrogens is 2. The summed E-state index contributed by atoms with van der Waals surface area (Å²) in [5.41, 5.74) is 2.11. The Morgan fingerprint density at radius 3 is 3.00 bits per heavy atom. The third-order valence-electron chi connectivity index (χ3n) is 1.82. The van der Waals surface area contributed by atoms with Gasteiger partial charge < -0.3 is 5.32 Å². The van der Waals surface area contributed by atoms with Crippen LogP contribution in [0, 0.1) is 6.92 Å². The molecule has 2 heterocycles. The van der Waals surface area contributed by atoms with Gasteiger partial charge in [-0.15, -0.1) is 11.3 Å². The molecule has 3 nitrogen and oxygen atoms in total. The molecule has 2 aromatic heterocycles. The van der Waals surface area contributed by atoms with Gasteiger partial charge in [-0.05, 0) is 19.1 Å². The number of nitrogens with zero attached hydrogens (tertiary/aromatic N) is 2. The Balaban J connectivity index is 1.98. The van der Waals surface area contributed by atoms with E-state index in [2.05, 4.69) is 15.3 Å². The lowest BCUT2D eigenvalue weighted by Gasteiger charge is -2.03. The number of anilines is 1. The van der Waals surface area contributed by atoms with Crippen molar-refractivity contribution >= 4 is 17.0 Å². The first kappa shape index (κ1) is 9.15. The summed E-state index contributed by atoms with van der Waals surface area (Å²) in [6.45, 7) is 2.76. The normalized spacial score (nSPS) is 10.1. The quantitative estimate of drug-likeness (QED) is 0.836. The molecule has 0 aromatic carbocycles. The SMILES string of the molecule is Cc1cc(NCc2nccs2)ccn1. The highest BCUT2D eigenvalue weighted by Gasteiger charge is 1.96. The summed E-state index contributed by atoms with van der Waals surface area (Å²) in [7, 11) is 0. The van der Waals surface area contributed by atoms with E-state index in [-0.39, 0.29) is 0 Å². The predicted octanol–water partition coefficient (Wildman–Crippen LogP) is 2.46. The summed E-state index contributed by atoms with van der Waals surface area (Å²) in [5, 5.41) is 6.37. The van der Waals surface area contributed by atoms with Crippen molar-refractivity contribution < 1.29 is 0 Å². The van der Waals surface area contributed by atoms with Crippen LogP contribution in [-0.4, -0.2) is 9.97 Å². The molecule has 0 unspecified atom stereocenters. The molecule has 0 aliphatic heterocycles. The van der Waals surface area contributed by atoms with Crippen molar-refractivity contribution in [2.45, 2.75) is 13.5 Å². The number of nitrogens with one attached hydrogen (secondary N) is 1. The molecular formula is C10H11N3S. The minimum Gasteiger partial charge on any atom is -0.378 e. The number of pyridine rings is 1. The molecule has 0 radical (unpaired) electrons. The third kappa shape index (κ3) is 2.29. The van der Waals surface area contributed by atoms with Crippen LogP contribution in [0.1, 0.15) is 10.7 Å². The van der Waals surface area contributed by atoms with Crippen molar-refractivity contribution in [1.29, 1.82) is 0 Å². The first-order valence-corrected chi connectivity index (χ1v) is 5.27. The fourth-order valence-electron chi connectivity index (χ4n) is 1.17. The second kappa shape index (κ2) is 4.19. The molecule has 4 heteroatoms. The molecule has 0 saturated heterocycles. The molecule has 1 N–H and O–H groups in total.